The molecule has 0 radical (unpaired) electrons. The fourth-order valence-corrected chi connectivity index (χ4v) is 7.53. The summed E-state index contributed by atoms with van der Waals surface area (Å²) in [5.74, 6) is 3.60. The summed E-state index contributed by atoms with van der Waals surface area (Å²) < 4.78 is 2.51. The average molecular weight is 365 g/mol. The van der Waals surface area contributed by atoms with Crippen molar-refractivity contribution in [3.63, 3.8) is 0 Å². The number of aryl methyl sites for hydroxylation is 1. The molecule has 0 bridgehead atoms. The molecule has 0 atom stereocenters. The molecule has 1 aromatic heterocycles. The number of hydrogen-bond acceptors (Lipinski definition) is 0. The van der Waals surface area contributed by atoms with Gasteiger partial charge in [-0.3, -0.25) is 0 Å². The van der Waals surface area contributed by atoms with Gasteiger partial charge in [0.15, 0.2) is 4.90 Å². The highest BCUT2D eigenvalue weighted by molar-refractivity contribution is 7.97. The Balaban J connectivity index is 1.67. The van der Waals surface area contributed by atoms with Crippen LogP contribution in [-0.2, 0) is 17.4 Å². The maximum absolute atomic E-state index is 2.54. The van der Waals surface area contributed by atoms with Crippen molar-refractivity contribution < 1.29 is 0 Å². The van der Waals surface area contributed by atoms with Crippen LogP contribution in [0.4, 0.5) is 0 Å². The molecule has 2 aliphatic rings. The highest BCUT2D eigenvalue weighted by Crippen LogP contribution is 2.38. The Morgan fingerprint density at radius 3 is 2.27 bits per heavy atom. The van der Waals surface area contributed by atoms with E-state index >= 15 is 0 Å². The van der Waals surface area contributed by atoms with Crippen molar-refractivity contribution in [2.24, 2.45) is 0 Å². The second-order valence-corrected chi connectivity index (χ2v) is 10.4. The van der Waals surface area contributed by atoms with Crippen molar-refractivity contribution in [2.75, 3.05) is 11.5 Å². The number of fused-ring (bicyclic) bond motifs is 3. The highest BCUT2D eigenvalue weighted by atomic mass is 32.2. The first-order valence-electron chi connectivity index (χ1n) is 10.6. The molecule has 5 rings (SSSR count). The van der Waals surface area contributed by atoms with Crippen LogP contribution >= 0.6 is 0 Å². The molecule has 1 aliphatic heterocycles. The fourth-order valence-electron chi connectivity index (χ4n) is 5.20. The molecule has 0 unspecified atom stereocenters. The van der Waals surface area contributed by atoms with Crippen LogP contribution in [0.1, 0.15) is 63.4 Å². The van der Waals surface area contributed by atoms with E-state index in [4.69, 9.17) is 0 Å². The largest absolute Gasteiger partial charge is 0.341 e. The number of rotatable bonds is 3. The van der Waals surface area contributed by atoms with Gasteiger partial charge in [0.05, 0.1) is 0 Å². The standard InChI is InChI=1S/C24H30NS/c1-2-25-23-12-10-19(18-8-4-3-5-9-18)16-21(23)22-17-20(11-13-24(22)25)26-14-6-7-15-26/h10-13,16-18H,2-9,14-15H2,1H3/q+1. The van der Waals surface area contributed by atoms with Crippen LogP contribution in [0.25, 0.3) is 21.8 Å². The molecule has 0 spiro atoms. The molecule has 2 heterocycles. The average Bonchev–Trinajstić information content (AvgIpc) is 3.34. The smallest absolute Gasteiger partial charge is 0.155 e. The van der Waals surface area contributed by atoms with E-state index in [-0.39, 0.29) is 0 Å². The SMILES string of the molecule is CCn1c2ccc(C3CCCCC3)cc2c2cc([S+]3CCCC3)ccc21. The predicted molar refractivity (Wildman–Crippen MR) is 116 cm³/mol. The zero-order chi connectivity index (χ0) is 17.5. The van der Waals surface area contributed by atoms with Crippen LogP contribution in [0.2, 0.25) is 0 Å². The lowest BCUT2D eigenvalue weighted by molar-refractivity contribution is 0.444. The van der Waals surface area contributed by atoms with Crippen molar-refractivity contribution in [3.8, 4) is 0 Å². The number of aromatic nitrogens is 1. The van der Waals surface area contributed by atoms with Gasteiger partial charge in [-0.05, 0) is 68.4 Å². The van der Waals surface area contributed by atoms with Crippen LogP contribution in [-0.4, -0.2) is 16.1 Å². The van der Waals surface area contributed by atoms with Gasteiger partial charge in [0.2, 0.25) is 0 Å². The first kappa shape index (κ1) is 16.7. The molecule has 26 heavy (non-hydrogen) atoms. The number of benzene rings is 2. The number of nitrogens with zero attached hydrogens (tertiary/aromatic N) is 1. The Hall–Kier alpha value is -1.41. The molecule has 2 fully saturated rings. The van der Waals surface area contributed by atoms with Crippen molar-refractivity contribution in [1.82, 2.24) is 4.57 Å². The maximum Gasteiger partial charge on any atom is 0.155 e. The van der Waals surface area contributed by atoms with Crippen LogP contribution in [0, 0.1) is 0 Å². The van der Waals surface area contributed by atoms with Crippen molar-refractivity contribution in [1.29, 1.82) is 0 Å². The normalized spacial score (nSPS) is 19.7. The monoisotopic (exact) mass is 364 g/mol. The first-order chi connectivity index (χ1) is 12.8. The lowest BCUT2D eigenvalue weighted by Gasteiger charge is -2.22. The second-order valence-electron chi connectivity index (χ2n) is 8.14. The van der Waals surface area contributed by atoms with Crippen LogP contribution in [0.5, 0.6) is 0 Å². The molecule has 1 aliphatic carbocycles. The van der Waals surface area contributed by atoms with Crippen LogP contribution in [0.3, 0.4) is 0 Å². The summed E-state index contributed by atoms with van der Waals surface area (Å²) in [4.78, 5) is 1.60. The topological polar surface area (TPSA) is 4.93 Å². The van der Waals surface area contributed by atoms with Crippen LogP contribution < -0.4 is 0 Å². The summed E-state index contributed by atoms with van der Waals surface area (Å²) in [5.41, 5.74) is 4.44. The summed E-state index contributed by atoms with van der Waals surface area (Å²) >= 11 is 0. The van der Waals surface area contributed by atoms with E-state index in [0.29, 0.717) is 10.9 Å². The number of hydrogen-bond donors (Lipinski definition) is 0. The van der Waals surface area contributed by atoms with Gasteiger partial charge < -0.3 is 4.57 Å². The van der Waals surface area contributed by atoms with Gasteiger partial charge in [-0.15, -0.1) is 0 Å². The molecule has 136 valence electrons. The third-order valence-electron chi connectivity index (χ3n) is 6.62. The Morgan fingerprint density at radius 1 is 0.846 bits per heavy atom. The summed E-state index contributed by atoms with van der Waals surface area (Å²) in [6.45, 7) is 3.33. The van der Waals surface area contributed by atoms with Gasteiger partial charge in [-0.1, -0.05) is 25.3 Å². The molecule has 2 heteroatoms. The lowest BCUT2D eigenvalue weighted by atomic mass is 9.84. The van der Waals surface area contributed by atoms with E-state index in [9.17, 15) is 0 Å². The highest BCUT2D eigenvalue weighted by Gasteiger charge is 2.27. The van der Waals surface area contributed by atoms with Gasteiger partial charge in [-0.2, -0.15) is 0 Å². The Morgan fingerprint density at radius 2 is 1.54 bits per heavy atom. The second kappa shape index (κ2) is 6.96. The van der Waals surface area contributed by atoms with E-state index < -0.39 is 0 Å². The summed E-state index contributed by atoms with van der Waals surface area (Å²) in [5, 5.41) is 2.99. The van der Waals surface area contributed by atoms with E-state index in [1.54, 1.807) is 10.5 Å². The van der Waals surface area contributed by atoms with Crippen molar-refractivity contribution in [2.45, 2.75) is 69.2 Å². The van der Waals surface area contributed by atoms with E-state index in [1.165, 1.54) is 78.3 Å². The molecule has 0 N–H and O–H groups in total. The fraction of sp³-hybridized carbons (Fsp3) is 0.500. The summed E-state index contributed by atoms with van der Waals surface area (Å²) in [6.07, 6.45) is 9.85. The third-order valence-corrected chi connectivity index (χ3v) is 9.10. The molecule has 0 amide bonds. The molecule has 2 aromatic carbocycles. The molecule has 1 saturated carbocycles. The molecule has 1 nitrogen and oxygen atoms in total. The minimum absolute atomic E-state index is 0.499. The molecule has 3 aromatic rings. The molecular weight excluding hydrogens is 334 g/mol. The zero-order valence-corrected chi connectivity index (χ0v) is 16.8. The quantitative estimate of drug-likeness (QED) is 0.459. The molecule has 1 saturated heterocycles. The van der Waals surface area contributed by atoms with Gasteiger partial charge in [0.1, 0.15) is 11.5 Å². The first-order valence-corrected chi connectivity index (χ1v) is 12.1. The summed E-state index contributed by atoms with van der Waals surface area (Å²) in [6, 6.07) is 14.7. The van der Waals surface area contributed by atoms with E-state index in [0.717, 1.165) is 12.5 Å². The minimum Gasteiger partial charge on any atom is -0.341 e. The molecular formula is C24H30NS+. The van der Waals surface area contributed by atoms with Gasteiger partial charge in [0.25, 0.3) is 0 Å². The maximum atomic E-state index is 2.54. The van der Waals surface area contributed by atoms with E-state index in [1.807, 2.05) is 0 Å². The Labute approximate surface area is 160 Å². The summed E-state index contributed by atoms with van der Waals surface area (Å²) in [7, 11) is 0.499. The minimum atomic E-state index is 0.499. The lowest BCUT2D eigenvalue weighted by Crippen LogP contribution is -2.04. The third kappa shape index (κ3) is 2.78. The van der Waals surface area contributed by atoms with Gasteiger partial charge >= 0.3 is 0 Å². The van der Waals surface area contributed by atoms with Crippen LogP contribution in [0.15, 0.2) is 41.3 Å². The Bertz CT molecular complexity index is 926. The predicted octanol–water partition coefficient (Wildman–Crippen LogP) is 6.63. The Kier molecular flexibility index (Phi) is 4.48. The van der Waals surface area contributed by atoms with E-state index in [2.05, 4.69) is 47.9 Å². The zero-order valence-electron chi connectivity index (χ0n) is 16.0. The van der Waals surface area contributed by atoms with Crippen molar-refractivity contribution in [3.05, 3.63) is 42.0 Å². The van der Waals surface area contributed by atoms with Crippen molar-refractivity contribution >= 4 is 32.7 Å². The van der Waals surface area contributed by atoms with Gasteiger partial charge in [0, 0.05) is 45.3 Å². The van der Waals surface area contributed by atoms with Gasteiger partial charge in [-0.25, -0.2) is 0 Å².